The van der Waals surface area contributed by atoms with E-state index in [4.69, 9.17) is 0 Å². The third-order valence-electron chi connectivity index (χ3n) is 2.83. The summed E-state index contributed by atoms with van der Waals surface area (Å²) in [6, 6.07) is 10.6. The maximum Gasteiger partial charge on any atom is 0.323 e. The molecule has 3 N–H and O–H groups in total. The van der Waals surface area contributed by atoms with Gasteiger partial charge in [0.15, 0.2) is 0 Å². The minimum absolute atomic E-state index is 0.0938. The number of carbonyl (C=O) groups excluding carboxylic acids is 1. The molecular formula is C15H14BrFN2O2. The highest BCUT2D eigenvalue weighted by atomic mass is 79.9. The highest BCUT2D eigenvalue weighted by Crippen LogP contribution is 2.20. The summed E-state index contributed by atoms with van der Waals surface area (Å²) in [5.41, 5.74) is 1.39. The monoisotopic (exact) mass is 352 g/mol. The van der Waals surface area contributed by atoms with Crippen molar-refractivity contribution in [3.63, 3.8) is 0 Å². The molecule has 0 aliphatic carbocycles. The molecular weight excluding hydrogens is 339 g/mol. The molecule has 4 nitrogen and oxygen atoms in total. The Hall–Kier alpha value is -1.92. The first-order valence-electron chi connectivity index (χ1n) is 6.27. The zero-order chi connectivity index (χ0) is 15.4. The standard InChI is InChI=1S/C15H14BrFN2O2/c1-9(20)10-2-5-12(6-3-10)18-15(21)19-14-7-4-11(16)8-13(14)17/h2-9,20H,1H3,(H2,18,19,21). The Morgan fingerprint density at radius 1 is 1.19 bits per heavy atom. The van der Waals surface area contributed by atoms with Gasteiger partial charge in [0.05, 0.1) is 11.8 Å². The number of anilines is 2. The Kier molecular flexibility index (Phi) is 4.93. The van der Waals surface area contributed by atoms with Crippen LogP contribution in [0.1, 0.15) is 18.6 Å². The van der Waals surface area contributed by atoms with E-state index in [1.807, 2.05) is 0 Å². The van der Waals surface area contributed by atoms with Gasteiger partial charge in [-0.3, -0.25) is 0 Å². The van der Waals surface area contributed by atoms with Crippen LogP contribution in [0.25, 0.3) is 0 Å². The molecule has 1 unspecified atom stereocenters. The van der Waals surface area contributed by atoms with Crippen LogP contribution in [0.3, 0.4) is 0 Å². The molecule has 1 atom stereocenters. The lowest BCUT2D eigenvalue weighted by Crippen LogP contribution is -2.20. The average Bonchev–Trinajstić information content (AvgIpc) is 2.42. The molecule has 110 valence electrons. The smallest absolute Gasteiger partial charge is 0.323 e. The number of amides is 2. The number of rotatable bonds is 3. The molecule has 0 aromatic heterocycles. The van der Waals surface area contributed by atoms with Gasteiger partial charge in [-0.25, -0.2) is 9.18 Å². The van der Waals surface area contributed by atoms with Gasteiger partial charge in [0.2, 0.25) is 0 Å². The Labute approximate surface area is 130 Å². The Bertz CT molecular complexity index is 645. The number of halogens is 2. The summed E-state index contributed by atoms with van der Waals surface area (Å²) in [5, 5.41) is 14.4. The number of hydrogen-bond acceptors (Lipinski definition) is 2. The minimum Gasteiger partial charge on any atom is -0.389 e. The fourth-order valence-electron chi connectivity index (χ4n) is 1.72. The van der Waals surface area contributed by atoms with Crippen molar-refractivity contribution in [2.75, 3.05) is 10.6 Å². The zero-order valence-corrected chi connectivity index (χ0v) is 12.8. The molecule has 2 amide bonds. The van der Waals surface area contributed by atoms with E-state index in [0.717, 1.165) is 5.56 Å². The van der Waals surface area contributed by atoms with Gasteiger partial charge in [0, 0.05) is 10.2 Å². The van der Waals surface area contributed by atoms with Crippen LogP contribution in [0.15, 0.2) is 46.9 Å². The molecule has 6 heteroatoms. The highest BCUT2D eigenvalue weighted by molar-refractivity contribution is 9.10. The molecule has 0 aliphatic heterocycles. The maximum absolute atomic E-state index is 13.6. The second kappa shape index (κ2) is 6.69. The number of benzene rings is 2. The Morgan fingerprint density at radius 3 is 2.43 bits per heavy atom. The van der Waals surface area contributed by atoms with Gasteiger partial charge in [-0.05, 0) is 42.8 Å². The average molecular weight is 353 g/mol. The molecule has 0 bridgehead atoms. The number of hydrogen-bond donors (Lipinski definition) is 3. The zero-order valence-electron chi connectivity index (χ0n) is 11.2. The lowest BCUT2D eigenvalue weighted by atomic mass is 10.1. The Balaban J connectivity index is 2.01. The number of aliphatic hydroxyl groups is 1. The maximum atomic E-state index is 13.6. The van der Waals surface area contributed by atoms with Crippen molar-refractivity contribution in [3.05, 3.63) is 58.3 Å². The summed E-state index contributed by atoms with van der Waals surface area (Å²) in [6.07, 6.45) is -0.565. The summed E-state index contributed by atoms with van der Waals surface area (Å²) in [6.45, 7) is 1.66. The summed E-state index contributed by atoms with van der Waals surface area (Å²) in [5.74, 6) is -0.524. The van der Waals surface area contributed by atoms with Crippen LogP contribution in [-0.4, -0.2) is 11.1 Å². The lowest BCUT2D eigenvalue weighted by molar-refractivity contribution is 0.199. The van der Waals surface area contributed by atoms with Gasteiger partial charge >= 0.3 is 6.03 Å². The Morgan fingerprint density at radius 2 is 1.86 bits per heavy atom. The van der Waals surface area contributed by atoms with Gasteiger partial charge in [-0.15, -0.1) is 0 Å². The molecule has 0 fully saturated rings. The van der Waals surface area contributed by atoms with Crippen LogP contribution in [-0.2, 0) is 0 Å². The van der Waals surface area contributed by atoms with Gasteiger partial charge in [0.25, 0.3) is 0 Å². The van der Waals surface area contributed by atoms with E-state index >= 15 is 0 Å². The fourth-order valence-corrected chi connectivity index (χ4v) is 2.05. The second-order valence-corrected chi connectivity index (χ2v) is 5.42. The van der Waals surface area contributed by atoms with E-state index in [2.05, 4.69) is 26.6 Å². The molecule has 2 aromatic rings. The first-order chi connectivity index (χ1) is 9.95. The fraction of sp³-hybridized carbons (Fsp3) is 0.133. The van der Waals surface area contributed by atoms with Crippen LogP contribution in [0.5, 0.6) is 0 Å². The molecule has 2 rings (SSSR count). The van der Waals surface area contributed by atoms with E-state index in [0.29, 0.717) is 10.2 Å². The van der Waals surface area contributed by atoms with Crippen LogP contribution in [0, 0.1) is 5.82 Å². The number of carbonyl (C=O) groups is 1. The van der Waals surface area contributed by atoms with E-state index in [9.17, 15) is 14.3 Å². The molecule has 0 aliphatic rings. The quantitative estimate of drug-likeness (QED) is 0.771. The second-order valence-electron chi connectivity index (χ2n) is 4.50. The molecule has 21 heavy (non-hydrogen) atoms. The first kappa shape index (κ1) is 15.5. The minimum atomic E-state index is -0.565. The van der Waals surface area contributed by atoms with Crippen molar-refractivity contribution in [1.82, 2.24) is 0 Å². The van der Waals surface area contributed by atoms with Crippen molar-refractivity contribution in [3.8, 4) is 0 Å². The van der Waals surface area contributed by atoms with E-state index in [1.54, 1.807) is 37.3 Å². The van der Waals surface area contributed by atoms with Crippen LogP contribution in [0.4, 0.5) is 20.6 Å². The van der Waals surface area contributed by atoms with Gasteiger partial charge in [-0.2, -0.15) is 0 Å². The number of urea groups is 1. The van der Waals surface area contributed by atoms with Crippen LogP contribution in [0.2, 0.25) is 0 Å². The predicted octanol–water partition coefficient (Wildman–Crippen LogP) is 4.29. The summed E-state index contributed by atoms with van der Waals surface area (Å²) in [7, 11) is 0. The van der Waals surface area contributed by atoms with Crippen molar-refractivity contribution >= 4 is 33.3 Å². The van der Waals surface area contributed by atoms with Crippen molar-refractivity contribution in [2.45, 2.75) is 13.0 Å². The van der Waals surface area contributed by atoms with E-state index < -0.39 is 18.0 Å². The topological polar surface area (TPSA) is 61.4 Å². The summed E-state index contributed by atoms with van der Waals surface area (Å²) >= 11 is 3.15. The molecule has 0 saturated carbocycles. The first-order valence-corrected chi connectivity index (χ1v) is 7.06. The predicted molar refractivity (Wildman–Crippen MR) is 83.8 cm³/mol. The molecule has 0 heterocycles. The third kappa shape index (κ3) is 4.27. The summed E-state index contributed by atoms with van der Waals surface area (Å²) in [4.78, 5) is 11.8. The molecule has 0 radical (unpaired) electrons. The molecule has 2 aromatic carbocycles. The van der Waals surface area contributed by atoms with E-state index in [-0.39, 0.29) is 5.69 Å². The van der Waals surface area contributed by atoms with Gasteiger partial charge < -0.3 is 15.7 Å². The highest BCUT2D eigenvalue weighted by Gasteiger charge is 2.08. The van der Waals surface area contributed by atoms with E-state index in [1.165, 1.54) is 12.1 Å². The number of aliphatic hydroxyl groups excluding tert-OH is 1. The largest absolute Gasteiger partial charge is 0.389 e. The van der Waals surface area contributed by atoms with Crippen LogP contribution >= 0.6 is 15.9 Å². The normalized spacial score (nSPS) is 11.8. The van der Waals surface area contributed by atoms with Crippen LogP contribution < -0.4 is 10.6 Å². The SMILES string of the molecule is CC(O)c1ccc(NC(=O)Nc2ccc(Br)cc2F)cc1. The number of nitrogens with one attached hydrogen (secondary N) is 2. The van der Waals surface area contributed by atoms with Crippen molar-refractivity contribution in [1.29, 1.82) is 0 Å². The summed E-state index contributed by atoms with van der Waals surface area (Å²) < 4.78 is 14.2. The van der Waals surface area contributed by atoms with Crippen molar-refractivity contribution < 1.29 is 14.3 Å². The third-order valence-corrected chi connectivity index (χ3v) is 3.32. The lowest BCUT2D eigenvalue weighted by Gasteiger charge is -2.10. The molecule has 0 saturated heterocycles. The van der Waals surface area contributed by atoms with Gasteiger partial charge in [0.1, 0.15) is 5.82 Å². The van der Waals surface area contributed by atoms with Crippen molar-refractivity contribution in [2.24, 2.45) is 0 Å². The van der Waals surface area contributed by atoms with Gasteiger partial charge in [-0.1, -0.05) is 28.1 Å². The molecule has 0 spiro atoms.